The average molecular weight is 342 g/mol. The van der Waals surface area contributed by atoms with Crippen LogP contribution < -0.4 is 10.2 Å². The zero-order valence-electron chi connectivity index (χ0n) is 15.1. The summed E-state index contributed by atoms with van der Waals surface area (Å²) in [7, 11) is 1.83. The number of anilines is 1. The Kier molecular flexibility index (Phi) is 4.92. The van der Waals surface area contributed by atoms with Crippen molar-refractivity contribution in [3.8, 4) is 0 Å². The monoisotopic (exact) mass is 342 g/mol. The van der Waals surface area contributed by atoms with Gasteiger partial charge in [-0.15, -0.1) is 0 Å². The van der Waals surface area contributed by atoms with Crippen LogP contribution in [0.25, 0.3) is 0 Å². The molecule has 0 radical (unpaired) electrons. The van der Waals surface area contributed by atoms with Crippen LogP contribution in [0.1, 0.15) is 43.9 Å². The van der Waals surface area contributed by atoms with E-state index in [1.54, 1.807) is 17.8 Å². The first-order valence-electron chi connectivity index (χ1n) is 8.72. The fraction of sp³-hybridized carbons (Fsp3) is 0.474. The fourth-order valence-electron chi connectivity index (χ4n) is 3.15. The van der Waals surface area contributed by atoms with Crippen molar-refractivity contribution < 1.29 is 9.90 Å². The summed E-state index contributed by atoms with van der Waals surface area (Å²) in [6.45, 7) is 5.04. The molecule has 1 saturated heterocycles. The normalized spacial score (nSPS) is 18.4. The van der Waals surface area contributed by atoms with Crippen LogP contribution >= 0.6 is 0 Å². The fourth-order valence-corrected chi connectivity index (χ4v) is 3.15. The van der Waals surface area contributed by atoms with Gasteiger partial charge in [-0.2, -0.15) is 5.10 Å². The summed E-state index contributed by atoms with van der Waals surface area (Å²) in [5.74, 6) is 0.192. The molecule has 0 bridgehead atoms. The number of rotatable bonds is 6. The molecule has 134 valence electrons. The van der Waals surface area contributed by atoms with Gasteiger partial charge in [0.15, 0.2) is 0 Å². The lowest BCUT2D eigenvalue weighted by atomic mass is 9.98. The summed E-state index contributed by atoms with van der Waals surface area (Å²) in [5, 5.41) is 18.2. The first-order chi connectivity index (χ1) is 11.9. The molecule has 0 saturated carbocycles. The molecule has 2 atom stereocenters. The second-order valence-corrected chi connectivity index (χ2v) is 7.02. The predicted octanol–water partition coefficient (Wildman–Crippen LogP) is 2.11. The highest BCUT2D eigenvalue weighted by atomic mass is 16.3. The maximum absolute atomic E-state index is 11.9. The maximum Gasteiger partial charge on any atom is 0.227 e. The van der Waals surface area contributed by atoms with Gasteiger partial charge in [0.25, 0.3) is 0 Å². The van der Waals surface area contributed by atoms with Crippen molar-refractivity contribution in [3.63, 3.8) is 0 Å². The van der Waals surface area contributed by atoms with E-state index in [0.29, 0.717) is 13.0 Å². The van der Waals surface area contributed by atoms with Crippen LogP contribution in [0.3, 0.4) is 0 Å². The van der Waals surface area contributed by atoms with Crippen LogP contribution in [-0.4, -0.2) is 33.9 Å². The molecule has 2 N–H and O–H groups in total. The average Bonchev–Trinajstić information content (AvgIpc) is 3.21. The molecule has 1 aliphatic rings. The van der Waals surface area contributed by atoms with Gasteiger partial charge >= 0.3 is 0 Å². The SMILES string of the molecule is CC(NCC(C)(O)c1cnn(C)c1)c1cccc(N2CCCC2=O)c1. The number of carbonyl (C=O) groups excluding carboxylic acids is 1. The first kappa shape index (κ1) is 17.6. The van der Waals surface area contributed by atoms with Crippen LogP contribution in [0.15, 0.2) is 36.7 Å². The number of hydrogen-bond acceptors (Lipinski definition) is 4. The molecule has 6 nitrogen and oxygen atoms in total. The van der Waals surface area contributed by atoms with Gasteiger partial charge in [-0.3, -0.25) is 9.48 Å². The largest absolute Gasteiger partial charge is 0.384 e. The number of nitrogens with zero attached hydrogens (tertiary/aromatic N) is 3. The van der Waals surface area contributed by atoms with E-state index < -0.39 is 5.60 Å². The zero-order valence-corrected chi connectivity index (χ0v) is 15.1. The van der Waals surface area contributed by atoms with Crippen molar-refractivity contribution in [1.82, 2.24) is 15.1 Å². The molecular weight excluding hydrogens is 316 g/mol. The van der Waals surface area contributed by atoms with E-state index in [0.717, 1.165) is 29.8 Å². The van der Waals surface area contributed by atoms with Gasteiger partial charge in [0, 0.05) is 50.0 Å². The molecule has 3 rings (SSSR count). The maximum atomic E-state index is 11.9. The summed E-state index contributed by atoms with van der Waals surface area (Å²) in [5.41, 5.74) is 1.84. The highest BCUT2D eigenvalue weighted by Gasteiger charge is 2.26. The summed E-state index contributed by atoms with van der Waals surface area (Å²) in [6, 6.07) is 8.11. The van der Waals surface area contributed by atoms with Crippen molar-refractivity contribution >= 4 is 11.6 Å². The highest BCUT2D eigenvalue weighted by Crippen LogP contribution is 2.26. The second-order valence-electron chi connectivity index (χ2n) is 7.02. The quantitative estimate of drug-likeness (QED) is 0.843. The number of amides is 1. The van der Waals surface area contributed by atoms with Gasteiger partial charge in [-0.05, 0) is 38.0 Å². The summed E-state index contributed by atoms with van der Waals surface area (Å²) in [6.07, 6.45) is 5.06. The minimum Gasteiger partial charge on any atom is -0.384 e. The minimum atomic E-state index is -0.995. The Balaban J connectivity index is 1.67. The molecule has 1 fully saturated rings. The lowest BCUT2D eigenvalue weighted by Gasteiger charge is -2.26. The van der Waals surface area contributed by atoms with Crippen LogP contribution in [-0.2, 0) is 17.4 Å². The Bertz CT molecular complexity index is 753. The number of carbonyl (C=O) groups is 1. The van der Waals surface area contributed by atoms with Crippen LogP contribution in [0, 0.1) is 0 Å². The lowest BCUT2D eigenvalue weighted by Crippen LogP contribution is -2.36. The molecular formula is C19H26N4O2. The van der Waals surface area contributed by atoms with Gasteiger partial charge in [-0.1, -0.05) is 12.1 Å². The molecule has 1 amide bonds. The summed E-state index contributed by atoms with van der Waals surface area (Å²) in [4.78, 5) is 13.8. The van der Waals surface area contributed by atoms with Crippen LogP contribution in [0.2, 0.25) is 0 Å². The van der Waals surface area contributed by atoms with Gasteiger partial charge in [-0.25, -0.2) is 0 Å². The van der Waals surface area contributed by atoms with E-state index in [1.807, 2.05) is 36.3 Å². The van der Waals surface area contributed by atoms with E-state index in [2.05, 4.69) is 23.4 Å². The molecule has 6 heteroatoms. The second kappa shape index (κ2) is 6.98. The minimum absolute atomic E-state index is 0.0563. The lowest BCUT2D eigenvalue weighted by molar-refractivity contribution is -0.117. The number of aromatic nitrogens is 2. The number of nitrogens with one attached hydrogen (secondary N) is 1. The summed E-state index contributed by atoms with van der Waals surface area (Å²) < 4.78 is 1.68. The standard InChI is InChI=1S/C19H26N4O2/c1-14(20-13-19(2,25)16-11-21-22(3)12-16)15-6-4-7-17(10-15)23-9-5-8-18(23)24/h4,6-7,10-12,14,20,25H,5,8-9,13H2,1-3H3. The zero-order chi connectivity index (χ0) is 18.0. The number of benzene rings is 1. The van der Waals surface area contributed by atoms with E-state index in [1.165, 1.54) is 0 Å². The topological polar surface area (TPSA) is 70.4 Å². The summed E-state index contributed by atoms with van der Waals surface area (Å²) >= 11 is 0. The molecule has 2 aromatic rings. The van der Waals surface area contributed by atoms with E-state index in [4.69, 9.17) is 0 Å². The van der Waals surface area contributed by atoms with Crippen LogP contribution in [0.5, 0.6) is 0 Å². The third kappa shape index (κ3) is 3.91. The number of aliphatic hydroxyl groups is 1. The third-order valence-electron chi connectivity index (χ3n) is 4.83. The third-order valence-corrected chi connectivity index (χ3v) is 4.83. The van der Waals surface area contributed by atoms with Crippen LogP contribution in [0.4, 0.5) is 5.69 Å². The molecule has 0 spiro atoms. The van der Waals surface area contributed by atoms with Crippen molar-refractivity contribution in [2.75, 3.05) is 18.0 Å². The molecule has 1 aromatic carbocycles. The van der Waals surface area contributed by atoms with E-state index >= 15 is 0 Å². The Morgan fingerprint density at radius 1 is 1.44 bits per heavy atom. The molecule has 2 unspecified atom stereocenters. The van der Waals surface area contributed by atoms with Gasteiger partial charge in [0.1, 0.15) is 5.60 Å². The number of hydrogen-bond donors (Lipinski definition) is 2. The number of aryl methyl sites for hydroxylation is 1. The Morgan fingerprint density at radius 2 is 2.24 bits per heavy atom. The molecule has 25 heavy (non-hydrogen) atoms. The smallest absolute Gasteiger partial charge is 0.227 e. The van der Waals surface area contributed by atoms with Gasteiger partial charge in [0.2, 0.25) is 5.91 Å². The van der Waals surface area contributed by atoms with Gasteiger partial charge < -0.3 is 15.3 Å². The van der Waals surface area contributed by atoms with E-state index in [9.17, 15) is 9.90 Å². The Morgan fingerprint density at radius 3 is 2.88 bits per heavy atom. The molecule has 1 aromatic heterocycles. The molecule has 0 aliphatic carbocycles. The highest BCUT2D eigenvalue weighted by molar-refractivity contribution is 5.95. The first-order valence-corrected chi connectivity index (χ1v) is 8.72. The Labute approximate surface area is 148 Å². The molecule has 2 heterocycles. The molecule has 1 aliphatic heterocycles. The van der Waals surface area contributed by atoms with Crippen molar-refractivity contribution in [3.05, 3.63) is 47.8 Å². The Hall–Kier alpha value is -2.18. The van der Waals surface area contributed by atoms with Gasteiger partial charge in [0.05, 0.1) is 6.20 Å². The predicted molar refractivity (Wildman–Crippen MR) is 97.2 cm³/mol. The van der Waals surface area contributed by atoms with Crippen molar-refractivity contribution in [1.29, 1.82) is 0 Å². The van der Waals surface area contributed by atoms with Crippen molar-refractivity contribution in [2.45, 2.75) is 38.3 Å². The van der Waals surface area contributed by atoms with E-state index in [-0.39, 0.29) is 11.9 Å². The van der Waals surface area contributed by atoms with Crippen molar-refractivity contribution in [2.24, 2.45) is 7.05 Å².